The Kier molecular flexibility index (Phi) is 7.76. The molecular weight excluding hydrogens is 452 g/mol. The van der Waals surface area contributed by atoms with Crippen molar-refractivity contribution in [1.82, 2.24) is 14.5 Å². The third kappa shape index (κ3) is 6.21. The van der Waals surface area contributed by atoms with Crippen LogP contribution in [0.2, 0.25) is 5.02 Å². The maximum absolute atomic E-state index is 12.9. The van der Waals surface area contributed by atoms with E-state index < -0.39 is 10.0 Å². The molecule has 2 N–H and O–H groups in total. The molecule has 10 heteroatoms. The van der Waals surface area contributed by atoms with E-state index in [-0.39, 0.29) is 22.9 Å². The number of hydrogen-bond donors (Lipinski definition) is 2. The monoisotopic (exact) mass is 478 g/mol. The van der Waals surface area contributed by atoms with Crippen molar-refractivity contribution >= 4 is 39.2 Å². The second-order valence-electron chi connectivity index (χ2n) is 7.87. The molecule has 0 atom stereocenters. The van der Waals surface area contributed by atoms with Gasteiger partial charge >= 0.3 is 6.03 Å². The summed E-state index contributed by atoms with van der Waals surface area (Å²) in [7, 11) is -3.61. The highest BCUT2D eigenvalue weighted by molar-refractivity contribution is 7.89. The zero-order valence-electron chi connectivity index (χ0n) is 18.0. The van der Waals surface area contributed by atoms with Gasteiger partial charge in [-0.05, 0) is 62.7 Å². The number of halogens is 1. The number of nitrogens with one attached hydrogen (secondary N) is 2. The standard InChI is InChI=1S/C22H27ClN4O4S/c1-16(2)25-32(30,31)20-9-7-17(8-10-20)21(28)26-11-4-12-27(14-13-26)22(29)24-19-6-3-5-18(23)15-19/h3,5-10,15-16,25H,4,11-14H2,1-2H3,(H,24,29). The molecule has 1 heterocycles. The highest BCUT2D eigenvalue weighted by Gasteiger charge is 2.23. The van der Waals surface area contributed by atoms with Crippen LogP contribution in [0.3, 0.4) is 0 Å². The first-order chi connectivity index (χ1) is 15.2. The Balaban J connectivity index is 1.61. The second-order valence-corrected chi connectivity index (χ2v) is 10.0. The average Bonchev–Trinajstić information content (AvgIpc) is 2.99. The molecule has 0 spiro atoms. The van der Waals surface area contributed by atoms with Crippen molar-refractivity contribution in [2.75, 3.05) is 31.5 Å². The van der Waals surface area contributed by atoms with E-state index in [4.69, 9.17) is 11.6 Å². The molecule has 1 aliphatic heterocycles. The SMILES string of the molecule is CC(C)NS(=O)(=O)c1ccc(C(=O)N2CCCN(C(=O)Nc3cccc(Cl)c3)CC2)cc1. The van der Waals surface area contributed by atoms with E-state index in [1.165, 1.54) is 24.3 Å². The molecule has 32 heavy (non-hydrogen) atoms. The summed E-state index contributed by atoms with van der Waals surface area (Å²) >= 11 is 5.96. The van der Waals surface area contributed by atoms with Crippen LogP contribution in [0.15, 0.2) is 53.4 Å². The predicted molar refractivity (Wildman–Crippen MR) is 124 cm³/mol. The van der Waals surface area contributed by atoms with Crippen LogP contribution in [-0.4, -0.2) is 62.4 Å². The number of benzene rings is 2. The third-order valence-corrected chi connectivity index (χ3v) is 6.86. The molecule has 1 aliphatic rings. The minimum atomic E-state index is -3.61. The van der Waals surface area contributed by atoms with Gasteiger partial charge < -0.3 is 15.1 Å². The number of hydrogen-bond acceptors (Lipinski definition) is 4. The molecule has 0 aromatic heterocycles. The molecule has 1 fully saturated rings. The van der Waals surface area contributed by atoms with E-state index >= 15 is 0 Å². The van der Waals surface area contributed by atoms with Gasteiger partial charge in [-0.2, -0.15) is 0 Å². The fourth-order valence-corrected chi connectivity index (χ4v) is 4.87. The Morgan fingerprint density at radius 3 is 2.28 bits per heavy atom. The Morgan fingerprint density at radius 1 is 0.969 bits per heavy atom. The number of carbonyl (C=O) groups excluding carboxylic acids is 2. The third-order valence-electron chi connectivity index (χ3n) is 4.95. The molecule has 3 amide bonds. The number of sulfonamides is 1. The molecule has 0 saturated carbocycles. The van der Waals surface area contributed by atoms with Crippen molar-refractivity contribution in [1.29, 1.82) is 0 Å². The summed E-state index contributed by atoms with van der Waals surface area (Å²) in [6.45, 7) is 5.29. The van der Waals surface area contributed by atoms with Gasteiger partial charge in [0, 0.05) is 48.5 Å². The fraction of sp³-hybridized carbons (Fsp3) is 0.364. The van der Waals surface area contributed by atoms with Crippen molar-refractivity contribution in [2.24, 2.45) is 0 Å². The number of amides is 3. The Labute approximate surface area is 193 Å². The van der Waals surface area contributed by atoms with Gasteiger partial charge in [-0.1, -0.05) is 17.7 Å². The van der Waals surface area contributed by atoms with Gasteiger partial charge in [0.15, 0.2) is 0 Å². The van der Waals surface area contributed by atoms with Crippen molar-refractivity contribution in [2.45, 2.75) is 31.2 Å². The summed E-state index contributed by atoms with van der Waals surface area (Å²) in [4.78, 5) is 29.0. The maximum Gasteiger partial charge on any atom is 0.321 e. The van der Waals surface area contributed by atoms with E-state index in [9.17, 15) is 18.0 Å². The highest BCUT2D eigenvalue weighted by Crippen LogP contribution is 2.17. The van der Waals surface area contributed by atoms with E-state index in [1.807, 2.05) is 0 Å². The first-order valence-corrected chi connectivity index (χ1v) is 12.2. The first kappa shape index (κ1) is 24.0. The van der Waals surface area contributed by atoms with Crippen molar-refractivity contribution < 1.29 is 18.0 Å². The molecule has 172 valence electrons. The lowest BCUT2D eigenvalue weighted by Crippen LogP contribution is -2.39. The number of nitrogens with zero attached hydrogens (tertiary/aromatic N) is 2. The maximum atomic E-state index is 12.9. The van der Waals surface area contributed by atoms with Crippen molar-refractivity contribution in [3.63, 3.8) is 0 Å². The molecule has 3 rings (SSSR count). The normalized spacial score (nSPS) is 14.9. The molecule has 0 bridgehead atoms. The minimum absolute atomic E-state index is 0.113. The number of rotatable bonds is 5. The van der Waals surface area contributed by atoms with Crippen molar-refractivity contribution in [3.05, 3.63) is 59.1 Å². The zero-order chi connectivity index (χ0) is 23.3. The summed E-state index contributed by atoms with van der Waals surface area (Å²) < 4.78 is 27.0. The van der Waals surface area contributed by atoms with Gasteiger partial charge in [0.05, 0.1) is 4.90 Å². The Bertz CT molecular complexity index is 1070. The van der Waals surface area contributed by atoms with E-state index in [2.05, 4.69) is 10.0 Å². The number of anilines is 1. The number of urea groups is 1. The average molecular weight is 479 g/mol. The van der Waals surface area contributed by atoms with Gasteiger partial charge in [-0.25, -0.2) is 17.9 Å². The van der Waals surface area contributed by atoms with Crippen LogP contribution in [0, 0.1) is 0 Å². The highest BCUT2D eigenvalue weighted by atomic mass is 35.5. The summed E-state index contributed by atoms with van der Waals surface area (Å²) in [5.74, 6) is -0.192. The second kappa shape index (κ2) is 10.3. The van der Waals surface area contributed by atoms with Gasteiger partial charge in [0.2, 0.25) is 10.0 Å². The molecule has 2 aromatic rings. The number of carbonyl (C=O) groups is 2. The minimum Gasteiger partial charge on any atom is -0.337 e. The fourth-order valence-electron chi connectivity index (χ4n) is 3.43. The Hall–Kier alpha value is -2.62. The lowest BCUT2D eigenvalue weighted by atomic mass is 10.2. The van der Waals surface area contributed by atoms with E-state index in [1.54, 1.807) is 47.9 Å². The predicted octanol–water partition coefficient (Wildman–Crippen LogP) is 3.41. The molecule has 0 aliphatic carbocycles. The summed E-state index contributed by atoms with van der Waals surface area (Å²) in [5.41, 5.74) is 1.02. The van der Waals surface area contributed by atoms with Crippen LogP contribution in [-0.2, 0) is 10.0 Å². The smallest absolute Gasteiger partial charge is 0.321 e. The Morgan fingerprint density at radius 2 is 1.62 bits per heavy atom. The quantitative estimate of drug-likeness (QED) is 0.687. The van der Waals surface area contributed by atoms with Crippen LogP contribution < -0.4 is 10.0 Å². The summed E-state index contributed by atoms with van der Waals surface area (Å²) in [6.07, 6.45) is 0.638. The largest absolute Gasteiger partial charge is 0.337 e. The summed E-state index contributed by atoms with van der Waals surface area (Å²) in [5, 5.41) is 3.36. The van der Waals surface area contributed by atoms with E-state index in [0.29, 0.717) is 48.9 Å². The molecule has 0 radical (unpaired) electrons. The van der Waals surface area contributed by atoms with Crippen LogP contribution in [0.4, 0.5) is 10.5 Å². The molecular formula is C22H27ClN4O4S. The lowest BCUT2D eigenvalue weighted by Gasteiger charge is -2.22. The topological polar surface area (TPSA) is 98.8 Å². The molecule has 8 nitrogen and oxygen atoms in total. The van der Waals surface area contributed by atoms with Crippen LogP contribution in [0.5, 0.6) is 0 Å². The van der Waals surface area contributed by atoms with Crippen LogP contribution in [0.25, 0.3) is 0 Å². The van der Waals surface area contributed by atoms with E-state index in [0.717, 1.165) is 0 Å². The molecule has 0 unspecified atom stereocenters. The van der Waals surface area contributed by atoms with Crippen LogP contribution in [0.1, 0.15) is 30.6 Å². The van der Waals surface area contributed by atoms with Gasteiger partial charge in [-0.3, -0.25) is 4.79 Å². The molecule has 1 saturated heterocycles. The first-order valence-electron chi connectivity index (χ1n) is 10.4. The molecule has 2 aromatic carbocycles. The van der Waals surface area contributed by atoms with Crippen LogP contribution >= 0.6 is 11.6 Å². The lowest BCUT2D eigenvalue weighted by molar-refractivity contribution is 0.0762. The zero-order valence-corrected chi connectivity index (χ0v) is 19.6. The van der Waals surface area contributed by atoms with Gasteiger partial charge in [-0.15, -0.1) is 0 Å². The van der Waals surface area contributed by atoms with Crippen molar-refractivity contribution in [3.8, 4) is 0 Å². The summed E-state index contributed by atoms with van der Waals surface area (Å²) in [6, 6.07) is 12.4. The van der Waals surface area contributed by atoms with Gasteiger partial charge in [0.25, 0.3) is 5.91 Å². The van der Waals surface area contributed by atoms with Gasteiger partial charge in [0.1, 0.15) is 0 Å².